The van der Waals surface area contributed by atoms with Gasteiger partial charge < -0.3 is 5.32 Å². The Morgan fingerprint density at radius 2 is 2.19 bits per heavy atom. The molecule has 0 aromatic heterocycles. The second-order valence-corrected chi connectivity index (χ2v) is 4.47. The number of rotatable bonds is 1. The molecule has 0 atom stereocenters. The highest BCUT2D eigenvalue weighted by molar-refractivity contribution is 6.30. The van der Waals surface area contributed by atoms with Gasteiger partial charge in [0.1, 0.15) is 0 Å². The van der Waals surface area contributed by atoms with Crippen molar-refractivity contribution in [1.82, 2.24) is 15.8 Å². The largest absolute Gasteiger partial charge is 0.353 e. The number of hydrogen-bond acceptors (Lipinski definition) is 4. The smallest absolute Gasteiger partial charge is 0.206 e. The van der Waals surface area contributed by atoms with E-state index in [4.69, 9.17) is 11.6 Å². The molecule has 0 fully saturated rings. The van der Waals surface area contributed by atoms with Crippen LogP contribution in [0.3, 0.4) is 0 Å². The standard InChI is InChI=1S/C11H13ClN4/c12-10-2-1-8-6-16(7-9(8)5-10)15-11-13-3-4-14-11/h1-2,5H,3-4,6-7H2,(H2,13,14,15). The third-order valence-electron chi connectivity index (χ3n) is 2.83. The Balaban J connectivity index is 1.70. The van der Waals surface area contributed by atoms with Crippen LogP contribution in [0.4, 0.5) is 0 Å². The van der Waals surface area contributed by atoms with E-state index in [0.29, 0.717) is 0 Å². The molecule has 0 amide bonds. The molecule has 1 aromatic rings. The van der Waals surface area contributed by atoms with Gasteiger partial charge in [-0.15, -0.1) is 0 Å². The minimum atomic E-state index is 0.803. The van der Waals surface area contributed by atoms with Crippen LogP contribution >= 0.6 is 11.6 Å². The maximum atomic E-state index is 5.97. The zero-order valence-corrected chi connectivity index (χ0v) is 9.59. The van der Waals surface area contributed by atoms with E-state index in [1.807, 2.05) is 12.1 Å². The number of nitrogens with zero attached hydrogens (tertiary/aromatic N) is 2. The van der Waals surface area contributed by atoms with E-state index in [0.717, 1.165) is 37.2 Å². The van der Waals surface area contributed by atoms with Crippen LogP contribution in [0.1, 0.15) is 11.1 Å². The van der Waals surface area contributed by atoms with Gasteiger partial charge >= 0.3 is 0 Å². The highest BCUT2D eigenvalue weighted by Crippen LogP contribution is 2.24. The van der Waals surface area contributed by atoms with E-state index in [2.05, 4.69) is 26.8 Å². The molecule has 2 aliphatic heterocycles. The Morgan fingerprint density at radius 3 is 3.00 bits per heavy atom. The van der Waals surface area contributed by atoms with E-state index < -0.39 is 0 Å². The van der Waals surface area contributed by atoms with Gasteiger partial charge in [0.05, 0.1) is 6.54 Å². The first kappa shape index (κ1) is 9.93. The van der Waals surface area contributed by atoms with Crippen molar-refractivity contribution in [2.24, 2.45) is 4.99 Å². The maximum absolute atomic E-state index is 5.97. The first-order valence-corrected chi connectivity index (χ1v) is 5.76. The number of benzene rings is 1. The summed E-state index contributed by atoms with van der Waals surface area (Å²) in [6.07, 6.45) is 0. The van der Waals surface area contributed by atoms with Gasteiger partial charge in [-0.1, -0.05) is 17.7 Å². The fourth-order valence-corrected chi connectivity index (χ4v) is 2.26. The first-order valence-electron chi connectivity index (χ1n) is 5.38. The van der Waals surface area contributed by atoms with Crippen LogP contribution in [0.15, 0.2) is 23.2 Å². The highest BCUT2D eigenvalue weighted by atomic mass is 35.5. The zero-order valence-electron chi connectivity index (χ0n) is 8.83. The molecular formula is C11H13ClN4. The molecule has 2 aliphatic rings. The van der Waals surface area contributed by atoms with Crippen LogP contribution < -0.4 is 10.7 Å². The molecule has 0 radical (unpaired) electrons. The van der Waals surface area contributed by atoms with Crippen molar-refractivity contribution < 1.29 is 0 Å². The van der Waals surface area contributed by atoms with Gasteiger partial charge in [0, 0.05) is 24.7 Å². The van der Waals surface area contributed by atoms with Crippen molar-refractivity contribution in [1.29, 1.82) is 0 Å². The van der Waals surface area contributed by atoms with E-state index >= 15 is 0 Å². The fourth-order valence-electron chi connectivity index (χ4n) is 2.06. The number of halogens is 1. The van der Waals surface area contributed by atoms with E-state index in [-0.39, 0.29) is 0 Å². The van der Waals surface area contributed by atoms with Crippen molar-refractivity contribution in [3.05, 3.63) is 34.3 Å². The average molecular weight is 237 g/mol. The monoisotopic (exact) mass is 236 g/mol. The lowest BCUT2D eigenvalue weighted by molar-refractivity contribution is 0.239. The summed E-state index contributed by atoms with van der Waals surface area (Å²) in [4.78, 5) is 4.31. The number of hydrazine groups is 1. The summed E-state index contributed by atoms with van der Waals surface area (Å²) < 4.78 is 0. The summed E-state index contributed by atoms with van der Waals surface area (Å²) >= 11 is 5.97. The van der Waals surface area contributed by atoms with Crippen LogP contribution in [0, 0.1) is 0 Å². The van der Waals surface area contributed by atoms with Gasteiger partial charge in [-0.3, -0.25) is 10.4 Å². The molecule has 0 aliphatic carbocycles. The summed E-state index contributed by atoms with van der Waals surface area (Å²) in [5.41, 5.74) is 5.89. The predicted molar refractivity (Wildman–Crippen MR) is 64.1 cm³/mol. The topological polar surface area (TPSA) is 39.7 Å². The molecule has 0 saturated heterocycles. The lowest BCUT2D eigenvalue weighted by Gasteiger charge is -2.17. The molecule has 0 unspecified atom stereocenters. The molecule has 2 N–H and O–H groups in total. The Bertz CT molecular complexity index is 444. The van der Waals surface area contributed by atoms with Gasteiger partial charge in [-0.05, 0) is 23.3 Å². The number of guanidine groups is 1. The number of nitrogens with one attached hydrogen (secondary N) is 2. The molecule has 84 valence electrons. The summed E-state index contributed by atoms with van der Waals surface area (Å²) in [7, 11) is 0. The highest BCUT2D eigenvalue weighted by Gasteiger charge is 2.20. The van der Waals surface area contributed by atoms with Crippen LogP contribution in [-0.4, -0.2) is 24.1 Å². The van der Waals surface area contributed by atoms with E-state index in [1.54, 1.807) is 0 Å². The second-order valence-electron chi connectivity index (χ2n) is 4.04. The predicted octanol–water partition coefficient (Wildman–Crippen LogP) is 1.12. The average Bonchev–Trinajstić information content (AvgIpc) is 2.86. The van der Waals surface area contributed by atoms with Crippen molar-refractivity contribution >= 4 is 17.6 Å². The molecule has 16 heavy (non-hydrogen) atoms. The minimum absolute atomic E-state index is 0.803. The normalized spacial score (nSPS) is 19.2. The molecule has 3 rings (SSSR count). The van der Waals surface area contributed by atoms with Gasteiger partial charge in [0.15, 0.2) is 0 Å². The Kier molecular flexibility index (Phi) is 2.46. The van der Waals surface area contributed by atoms with Crippen molar-refractivity contribution in [2.75, 3.05) is 13.1 Å². The van der Waals surface area contributed by atoms with Gasteiger partial charge in [0.25, 0.3) is 0 Å². The Hall–Kier alpha value is -1.26. The molecule has 0 saturated carbocycles. The summed E-state index contributed by atoms with van der Waals surface area (Å²) in [5, 5.41) is 6.13. The number of fused-ring (bicyclic) bond motifs is 1. The first-order chi connectivity index (χ1) is 7.81. The Morgan fingerprint density at radius 1 is 1.31 bits per heavy atom. The van der Waals surface area contributed by atoms with E-state index in [9.17, 15) is 0 Å². The molecule has 0 bridgehead atoms. The SMILES string of the molecule is Clc1ccc2c(c1)CN(NC1=NCCN1)C2. The van der Waals surface area contributed by atoms with Crippen molar-refractivity contribution in [3.8, 4) is 0 Å². The third kappa shape index (κ3) is 1.86. The summed E-state index contributed by atoms with van der Waals surface area (Å²) in [6, 6.07) is 6.06. The van der Waals surface area contributed by atoms with E-state index in [1.165, 1.54) is 11.1 Å². The number of hydrogen-bond donors (Lipinski definition) is 2. The molecule has 0 spiro atoms. The molecular weight excluding hydrogens is 224 g/mol. The maximum Gasteiger partial charge on any atom is 0.206 e. The van der Waals surface area contributed by atoms with Crippen molar-refractivity contribution in [3.63, 3.8) is 0 Å². The van der Waals surface area contributed by atoms with Crippen LogP contribution in [0.25, 0.3) is 0 Å². The fraction of sp³-hybridized carbons (Fsp3) is 0.364. The van der Waals surface area contributed by atoms with Gasteiger partial charge in [0.2, 0.25) is 5.96 Å². The molecule has 2 heterocycles. The zero-order chi connectivity index (χ0) is 11.0. The molecule has 1 aromatic carbocycles. The summed E-state index contributed by atoms with van der Waals surface area (Å²) in [5.74, 6) is 0.874. The van der Waals surface area contributed by atoms with Gasteiger partial charge in [-0.2, -0.15) is 0 Å². The third-order valence-corrected chi connectivity index (χ3v) is 3.06. The molecule has 5 heteroatoms. The molecule has 4 nitrogen and oxygen atoms in total. The lowest BCUT2D eigenvalue weighted by Crippen LogP contribution is -2.43. The van der Waals surface area contributed by atoms with Crippen LogP contribution in [-0.2, 0) is 13.1 Å². The summed E-state index contributed by atoms with van der Waals surface area (Å²) in [6.45, 7) is 3.55. The number of aliphatic imine (C=N–C) groups is 1. The quantitative estimate of drug-likeness (QED) is 0.768. The minimum Gasteiger partial charge on any atom is -0.353 e. The second kappa shape index (κ2) is 3.96. The Labute approximate surface area is 99.3 Å². The van der Waals surface area contributed by atoms with Gasteiger partial charge in [-0.25, -0.2) is 5.01 Å². The van der Waals surface area contributed by atoms with Crippen LogP contribution in [0.2, 0.25) is 5.02 Å². The van der Waals surface area contributed by atoms with Crippen molar-refractivity contribution in [2.45, 2.75) is 13.1 Å². The lowest BCUT2D eigenvalue weighted by atomic mass is 10.1. The van der Waals surface area contributed by atoms with Crippen LogP contribution in [0.5, 0.6) is 0 Å².